The number of hydrogen-bond donors (Lipinski definition) is 1. The first-order chi connectivity index (χ1) is 9.26. The molecule has 0 bridgehead atoms. The summed E-state index contributed by atoms with van der Waals surface area (Å²) >= 11 is 0. The number of anilines is 1. The van der Waals surface area contributed by atoms with Gasteiger partial charge in [0.2, 0.25) is 0 Å². The molecule has 1 fully saturated rings. The normalized spacial score (nSPS) is 19.1. The van der Waals surface area contributed by atoms with Crippen LogP contribution in [-0.2, 0) is 13.0 Å². The molecule has 0 radical (unpaired) electrons. The Morgan fingerprint density at radius 3 is 2.79 bits per heavy atom. The molecule has 1 atom stereocenters. The van der Waals surface area contributed by atoms with Crippen LogP contribution in [0.5, 0.6) is 0 Å². The molecule has 1 unspecified atom stereocenters. The van der Waals surface area contributed by atoms with Gasteiger partial charge >= 0.3 is 0 Å². The molecule has 1 aromatic heterocycles. The van der Waals surface area contributed by atoms with Crippen molar-refractivity contribution in [1.82, 2.24) is 10.3 Å². The van der Waals surface area contributed by atoms with Crippen molar-refractivity contribution in [3.05, 3.63) is 23.4 Å². The Hall–Kier alpha value is -1.09. The lowest BCUT2D eigenvalue weighted by Gasteiger charge is -2.19. The van der Waals surface area contributed by atoms with Gasteiger partial charge in [0.15, 0.2) is 0 Å². The standard InChI is InChI=1S/C16H27N3/c1-4-13-7-8-19(12-13)16-10-14(11-17-6-3)9-15(5-2)18-16/h9-10,13,17H,4-8,11-12H2,1-3H3. The summed E-state index contributed by atoms with van der Waals surface area (Å²) < 4.78 is 0. The molecule has 0 amide bonds. The van der Waals surface area contributed by atoms with Gasteiger partial charge in [-0.05, 0) is 43.0 Å². The molecule has 1 aromatic rings. The maximum atomic E-state index is 4.81. The summed E-state index contributed by atoms with van der Waals surface area (Å²) in [5.74, 6) is 2.03. The maximum Gasteiger partial charge on any atom is 0.129 e. The third kappa shape index (κ3) is 3.69. The Morgan fingerprint density at radius 2 is 2.16 bits per heavy atom. The molecule has 1 N–H and O–H groups in total. The highest BCUT2D eigenvalue weighted by Crippen LogP contribution is 2.25. The number of nitrogens with one attached hydrogen (secondary N) is 1. The molecule has 3 nitrogen and oxygen atoms in total. The summed E-state index contributed by atoms with van der Waals surface area (Å²) in [4.78, 5) is 7.27. The van der Waals surface area contributed by atoms with Crippen LogP contribution in [0.1, 0.15) is 44.9 Å². The van der Waals surface area contributed by atoms with Crippen LogP contribution in [-0.4, -0.2) is 24.6 Å². The largest absolute Gasteiger partial charge is 0.356 e. The van der Waals surface area contributed by atoms with Crippen molar-refractivity contribution in [1.29, 1.82) is 0 Å². The zero-order valence-electron chi connectivity index (χ0n) is 12.6. The molecule has 0 spiro atoms. The monoisotopic (exact) mass is 261 g/mol. The topological polar surface area (TPSA) is 28.2 Å². The van der Waals surface area contributed by atoms with Gasteiger partial charge in [0.1, 0.15) is 5.82 Å². The van der Waals surface area contributed by atoms with Crippen molar-refractivity contribution in [2.24, 2.45) is 5.92 Å². The van der Waals surface area contributed by atoms with E-state index in [1.54, 1.807) is 0 Å². The Balaban J connectivity index is 2.14. The smallest absolute Gasteiger partial charge is 0.129 e. The van der Waals surface area contributed by atoms with Gasteiger partial charge in [-0.1, -0.05) is 27.2 Å². The van der Waals surface area contributed by atoms with Crippen molar-refractivity contribution in [3.8, 4) is 0 Å². The first-order valence-electron chi connectivity index (χ1n) is 7.72. The Labute approximate surface area is 117 Å². The molecule has 1 aliphatic rings. The predicted molar refractivity (Wildman–Crippen MR) is 81.6 cm³/mol. The van der Waals surface area contributed by atoms with Crippen molar-refractivity contribution in [2.45, 2.75) is 46.6 Å². The van der Waals surface area contributed by atoms with E-state index in [4.69, 9.17) is 4.98 Å². The molecule has 0 saturated carbocycles. The van der Waals surface area contributed by atoms with E-state index in [1.165, 1.54) is 43.0 Å². The third-order valence-electron chi connectivity index (χ3n) is 4.05. The van der Waals surface area contributed by atoms with Crippen molar-refractivity contribution >= 4 is 5.82 Å². The average Bonchev–Trinajstić information content (AvgIpc) is 2.93. The molecule has 0 aromatic carbocycles. The lowest BCUT2D eigenvalue weighted by atomic mass is 10.1. The van der Waals surface area contributed by atoms with E-state index in [0.717, 1.165) is 25.4 Å². The highest BCUT2D eigenvalue weighted by molar-refractivity contribution is 5.44. The number of nitrogens with zero attached hydrogens (tertiary/aromatic N) is 2. The second-order valence-electron chi connectivity index (χ2n) is 5.47. The maximum absolute atomic E-state index is 4.81. The van der Waals surface area contributed by atoms with E-state index in [1.807, 2.05) is 0 Å². The highest BCUT2D eigenvalue weighted by atomic mass is 15.2. The van der Waals surface area contributed by atoms with Gasteiger partial charge < -0.3 is 10.2 Å². The summed E-state index contributed by atoms with van der Waals surface area (Å²) in [5.41, 5.74) is 2.58. The van der Waals surface area contributed by atoms with Gasteiger partial charge in [0.05, 0.1) is 0 Å². The fraction of sp³-hybridized carbons (Fsp3) is 0.688. The summed E-state index contributed by atoms with van der Waals surface area (Å²) in [6.07, 6.45) is 3.61. The lowest BCUT2D eigenvalue weighted by molar-refractivity contribution is 0.568. The van der Waals surface area contributed by atoms with E-state index in [2.05, 4.69) is 43.1 Å². The minimum atomic E-state index is 0.851. The second kappa shape index (κ2) is 6.90. The number of rotatable bonds is 6. The minimum Gasteiger partial charge on any atom is -0.356 e. The van der Waals surface area contributed by atoms with Crippen molar-refractivity contribution in [3.63, 3.8) is 0 Å². The first kappa shape index (κ1) is 14.3. The second-order valence-corrected chi connectivity index (χ2v) is 5.47. The van der Waals surface area contributed by atoms with E-state index in [0.29, 0.717) is 0 Å². The molecule has 3 heteroatoms. The van der Waals surface area contributed by atoms with Crippen LogP contribution in [0.4, 0.5) is 5.82 Å². The van der Waals surface area contributed by atoms with Gasteiger partial charge in [-0.3, -0.25) is 0 Å². The quantitative estimate of drug-likeness (QED) is 0.853. The lowest BCUT2D eigenvalue weighted by Crippen LogP contribution is -2.22. The van der Waals surface area contributed by atoms with Crippen LogP contribution in [0.2, 0.25) is 0 Å². The molecular formula is C16H27N3. The predicted octanol–water partition coefficient (Wildman–Crippen LogP) is 2.99. The molecule has 106 valence electrons. The minimum absolute atomic E-state index is 0.851. The number of hydrogen-bond acceptors (Lipinski definition) is 3. The van der Waals surface area contributed by atoms with Gasteiger partial charge in [0.25, 0.3) is 0 Å². The number of pyridine rings is 1. The summed E-state index contributed by atoms with van der Waals surface area (Å²) in [5, 5.41) is 3.41. The first-order valence-corrected chi connectivity index (χ1v) is 7.72. The fourth-order valence-corrected chi connectivity index (χ4v) is 2.72. The zero-order valence-corrected chi connectivity index (χ0v) is 12.6. The molecular weight excluding hydrogens is 234 g/mol. The van der Waals surface area contributed by atoms with Gasteiger partial charge in [0, 0.05) is 25.3 Å². The van der Waals surface area contributed by atoms with Crippen LogP contribution >= 0.6 is 0 Å². The summed E-state index contributed by atoms with van der Waals surface area (Å²) in [7, 11) is 0. The summed E-state index contributed by atoms with van der Waals surface area (Å²) in [6, 6.07) is 4.50. The van der Waals surface area contributed by atoms with Gasteiger partial charge in [-0.25, -0.2) is 4.98 Å². The number of aryl methyl sites for hydroxylation is 1. The molecule has 2 heterocycles. The van der Waals surface area contributed by atoms with Crippen molar-refractivity contribution in [2.75, 3.05) is 24.5 Å². The third-order valence-corrected chi connectivity index (χ3v) is 4.05. The van der Waals surface area contributed by atoms with E-state index >= 15 is 0 Å². The van der Waals surface area contributed by atoms with E-state index in [9.17, 15) is 0 Å². The van der Waals surface area contributed by atoms with E-state index in [-0.39, 0.29) is 0 Å². The van der Waals surface area contributed by atoms with Crippen molar-refractivity contribution < 1.29 is 0 Å². The van der Waals surface area contributed by atoms with Gasteiger partial charge in [-0.15, -0.1) is 0 Å². The zero-order chi connectivity index (χ0) is 13.7. The molecule has 1 saturated heterocycles. The summed E-state index contributed by atoms with van der Waals surface area (Å²) in [6.45, 7) is 10.9. The SMILES string of the molecule is CCNCc1cc(CC)nc(N2CCC(CC)C2)c1. The van der Waals surface area contributed by atoms with Crippen LogP contribution in [0.3, 0.4) is 0 Å². The fourth-order valence-electron chi connectivity index (χ4n) is 2.72. The molecule has 1 aliphatic heterocycles. The Morgan fingerprint density at radius 1 is 1.32 bits per heavy atom. The Bertz CT molecular complexity index is 403. The van der Waals surface area contributed by atoms with Crippen LogP contribution in [0.15, 0.2) is 12.1 Å². The number of aromatic nitrogens is 1. The van der Waals surface area contributed by atoms with E-state index < -0.39 is 0 Å². The molecule has 2 rings (SSSR count). The van der Waals surface area contributed by atoms with Crippen LogP contribution in [0.25, 0.3) is 0 Å². The van der Waals surface area contributed by atoms with Crippen LogP contribution in [0, 0.1) is 5.92 Å². The Kier molecular flexibility index (Phi) is 5.20. The van der Waals surface area contributed by atoms with Crippen LogP contribution < -0.4 is 10.2 Å². The molecule has 19 heavy (non-hydrogen) atoms. The molecule has 0 aliphatic carbocycles. The average molecular weight is 261 g/mol. The van der Waals surface area contributed by atoms with Gasteiger partial charge in [-0.2, -0.15) is 0 Å². The highest BCUT2D eigenvalue weighted by Gasteiger charge is 2.22.